The summed E-state index contributed by atoms with van der Waals surface area (Å²) < 4.78 is 4.91. The van der Waals surface area contributed by atoms with Gasteiger partial charge in [0.1, 0.15) is 0 Å². The van der Waals surface area contributed by atoms with Crippen molar-refractivity contribution < 1.29 is 19.2 Å². The number of urea groups is 1. The maximum absolute atomic E-state index is 11.5. The van der Waals surface area contributed by atoms with E-state index in [1.165, 1.54) is 24.3 Å². The van der Waals surface area contributed by atoms with Crippen LogP contribution in [-0.2, 0) is 9.53 Å². The molecule has 2 N–H and O–H groups in total. The zero-order chi connectivity index (χ0) is 15.8. The second kappa shape index (κ2) is 7.83. The van der Waals surface area contributed by atoms with Crippen LogP contribution in [0, 0.1) is 10.1 Å². The van der Waals surface area contributed by atoms with Crippen molar-refractivity contribution in [2.75, 3.05) is 11.9 Å². The minimum atomic E-state index is -0.524. The quantitative estimate of drug-likeness (QED) is 0.474. The van der Waals surface area contributed by atoms with E-state index < -0.39 is 11.0 Å². The monoisotopic (exact) mass is 295 g/mol. The number of nitrogens with zero attached hydrogens (tertiary/aromatic N) is 1. The van der Waals surface area contributed by atoms with Gasteiger partial charge >= 0.3 is 12.0 Å². The number of anilines is 1. The van der Waals surface area contributed by atoms with Gasteiger partial charge in [0.2, 0.25) is 0 Å². The van der Waals surface area contributed by atoms with Crippen molar-refractivity contribution in [1.29, 1.82) is 0 Å². The van der Waals surface area contributed by atoms with E-state index in [4.69, 9.17) is 4.74 Å². The third-order valence-electron chi connectivity index (χ3n) is 2.32. The molecule has 8 heteroatoms. The van der Waals surface area contributed by atoms with Gasteiger partial charge in [0.05, 0.1) is 17.4 Å². The van der Waals surface area contributed by atoms with E-state index in [-0.39, 0.29) is 30.7 Å². The topological polar surface area (TPSA) is 111 Å². The fourth-order valence-corrected chi connectivity index (χ4v) is 1.44. The normalized spacial score (nSPS) is 10.0. The fourth-order valence-electron chi connectivity index (χ4n) is 1.44. The first-order chi connectivity index (χ1) is 9.88. The van der Waals surface area contributed by atoms with Crippen molar-refractivity contribution in [3.8, 4) is 0 Å². The summed E-state index contributed by atoms with van der Waals surface area (Å²) in [4.78, 5) is 32.7. The van der Waals surface area contributed by atoms with Gasteiger partial charge in [-0.1, -0.05) is 0 Å². The number of carbonyl (C=O) groups is 2. The Hall–Kier alpha value is -2.64. The molecule has 0 aromatic heterocycles. The summed E-state index contributed by atoms with van der Waals surface area (Å²) in [6.07, 6.45) is -0.113. The van der Waals surface area contributed by atoms with E-state index in [2.05, 4.69) is 10.6 Å². The van der Waals surface area contributed by atoms with Gasteiger partial charge in [-0.2, -0.15) is 0 Å². The molecule has 0 heterocycles. The van der Waals surface area contributed by atoms with Crippen molar-refractivity contribution >= 4 is 23.4 Å². The molecule has 0 aliphatic rings. The standard InChI is InChI=1S/C13H17N3O5/c1-9(2)21-12(17)7-8-14-13(18)15-10-3-5-11(6-4-10)16(19)20/h3-6,9H,7-8H2,1-2H3,(H2,14,15,18). The average Bonchev–Trinajstić information content (AvgIpc) is 2.38. The highest BCUT2D eigenvalue weighted by Gasteiger charge is 2.08. The molecule has 0 saturated heterocycles. The first kappa shape index (κ1) is 16.4. The van der Waals surface area contributed by atoms with Gasteiger partial charge in [-0.25, -0.2) is 4.79 Å². The number of hydrogen-bond donors (Lipinski definition) is 2. The lowest BCUT2D eigenvalue weighted by Crippen LogP contribution is -2.31. The minimum absolute atomic E-state index is 0.0580. The number of hydrogen-bond acceptors (Lipinski definition) is 5. The van der Waals surface area contributed by atoms with E-state index in [0.717, 1.165) is 0 Å². The summed E-state index contributed by atoms with van der Waals surface area (Å²) >= 11 is 0. The molecular weight excluding hydrogens is 278 g/mol. The van der Waals surface area contributed by atoms with Crippen LogP contribution in [0.15, 0.2) is 24.3 Å². The lowest BCUT2D eigenvalue weighted by molar-refractivity contribution is -0.384. The Balaban J connectivity index is 2.33. The number of benzene rings is 1. The van der Waals surface area contributed by atoms with Gasteiger partial charge in [-0.15, -0.1) is 0 Å². The molecule has 0 bridgehead atoms. The van der Waals surface area contributed by atoms with Gasteiger partial charge in [0, 0.05) is 24.4 Å². The van der Waals surface area contributed by atoms with Gasteiger partial charge in [-0.3, -0.25) is 14.9 Å². The van der Waals surface area contributed by atoms with Crippen molar-refractivity contribution in [1.82, 2.24) is 5.32 Å². The van der Waals surface area contributed by atoms with Crippen LogP contribution >= 0.6 is 0 Å². The van der Waals surface area contributed by atoms with Gasteiger partial charge in [-0.05, 0) is 26.0 Å². The Morgan fingerprint density at radius 2 is 1.90 bits per heavy atom. The first-order valence-corrected chi connectivity index (χ1v) is 6.37. The summed E-state index contributed by atoms with van der Waals surface area (Å²) in [6.45, 7) is 3.63. The number of amides is 2. The highest BCUT2D eigenvalue weighted by molar-refractivity contribution is 5.89. The molecule has 0 aliphatic heterocycles. The molecule has 0 unspecified atom stereocenters. The predicted octanol–water partition coefficient (Wildman–Crippen LogP) is 2.06. The summed E-state index contributed by atoms with van der Waals surface area (Å²) in [5.74, 6) is -0.388. The summed E-state index contributed by atoms with van der Waals surface area (Å²) in [7, 11) is 0. The van der Waals surface area contributed by atoms with Crippen LogP contribution in [0.4, 0.5) is 16.2 Å². The smallest absolute Gasteiger partial charge is 0.319 e. The van der Waals surface area contributed by atoms with E-state index in [1.807, 2.05) is 0 Å². The molecule has 0 spiro atoms. The molecule has 21 heavy (non-hydrogen) atoms. The van der Waals surface area contributed by atoms with Crippen molar-refractivity contribution in [3.05, 3.63) is 34.4 Å². The molecule has 0 fully saturated rings. The number of nitro benzene ring substituents is 1. The van der Waals surface area contributed by atoms with Crippen molar-refractivity contribution in [2.45, 2.75) is 26.4 Å². The lowest BCUT2D eigenvalue weighted by atomic mass is 10.3. The van der Waals surface area contributed by atoms with E-state index in [0.29, 0.717) is 5.69 Å². The van der Waals surface area contributed by atoms with Crippen LogP contribution in [0.3, 0.4) is 0 Å². The Kier molecular flexibility index (Phi) is 6.12. The van der Waals surface area contributed by atoms with E-state index in [9.17, 15) is 19.7 Å². The van der Waals surface area contributed by atoms with Crippen LogP contribution in [0.5, 0.6) is 0 Å². The number of ether oxygens (including phenoxy) is 1. The lowest BCUT2D eigenvalue weighted by Gasteiger charge is -2.09. The molecule has 0 atom stereocenters. The van der Waals surface area contributed by atoms with Crippen molar-refractivity contribution in [3.63, 3.8) is 0 Å². The molecule has 0 aliphatic carbocycles. The van der Waals surface area contributed by atoms with E-state index in [1.54, 1.807) is 13.8 Å². The molecule has 1 aromatic carbocycles. The molecule has 0 radical (unpaired) electrons. The number of rotatable bonds is 6. The van der Waals surface area contributed by atoms with Crippen LogP contribution in [0.1, 0.15) is 20.3 Å². The number of nitro groups is 1. The highest BCUT2D eigenvalue weighted by atomic mass is 16.6. The molecule has 8 nitrogen and oxygen atoms in total. The summed E-state index contributed by atoms with van der Waals surface area (Å²) in [6, 6.07) is 4.92. The molecule has 1 rings (SSSR count). The minimum Gasteiger partial charge on any atom is -0.463 e. The highest BCUT2D eigenvalue weighted by Crippen LogP contribution is 2.15. The van der Waals surface area contributed by atoms with E-state index >= 15 is 0 Å². The van der Waals surface area contributed by atoms with Crippen molar-refractivity contribution in [2.24, 2.45) is 0 Å². The second-order valence-corrected chi connectivity index (χ2v) is 4.47. The SMILES string of the molecule is CC(C)OC(=O)CCNC(=O)Nc1ccc([N+](=O)[O-])cc1. The number of esters is 1. The number of non-ortho nitro benzene ring substituents is 1. The first-order valence-electron chi connectivity index (χ1n) is 6.37. The fraction of sp³-hybridized carbons (Fsp3) is 0.385. The Morgan fingerprint density at radius 3 is 2.43 bits per heavy atom. The zero-order valence-corrected chi connectivity index (χ0v) is 11.8. The zero-order valence-electron chi connectivity index (χ0n) is 11.8. The third kappa shape index (κ3) is 6.37. The average molecular weight is 295 g/mol. The Morgan fingerprint density at radius 1 is 1.29 bits per heavy atom. The molecule has 0 saturated carbocycles. The van der Waals surface area contributed by atoms with Crippen LogP contribution in [0.25, 0.3) is 0 Å². The van der Waals surface area contributed by atoms with Gasteiger partial charge in [0.25, 0.3) is 5.69 Å². The number of nitrogens with one attached hydrogen (secondary N) is 2. The molecule has 1 aromatic rings. The predicted molar refractivity (Wildman–Crippen MR) is 76.0 cm³/mol. The molecule has 114 valence electrons. The third-order valence-corrected chi connectivity index (χ3v) is 2.32. The molecular formula is C13H17N3O5. The maximum Gasteiger partial charge on any atom is 0.319 e. The molecule has 2 amide bonds. The second-order valence-electron chi connectivity index (χ2n) is 4.47. The summed E-state index contributed by atoms with van der Waals surface area (Å²) in [5.41, 5.74) is 0.361. The van der Waals surface area contributed by atoms with Gasteiger partial charge < -0.3 is 15.4 Å². The number of carbonyl (C=O) groups excluding carboxylic acids is 2. The Labute approximate surface area is 121 Å². The maximum atomic E-state index is 11.5. The summed E-state index contributed by atoms with van der Waals surface area (Å²) in [5, 5.41) is 15.5. The van der Waals surface area contributed by atoms with Crippen LogP contribution in [-0.4, -0.2) is 29.6 Å². The van der Waals surface area contributed by atoms with Gasteiger partial charge in [0.15, 0.2) is 0 Å². The van der Waals surface area contributed by atoms with Crippen LogP contribution in [0.2, 0.25) is 0 Å². The van der Waals surface area contributed by atoms with Crippen LogP contribution < -0.4 is 10.6 Å². The largest absolute Gasteiger partial charge is 0.463 e. The Bertz CT molecular complexity index is 513.